The van der Waals surface area contributed by atoms with Crippen LogP contribution in [-0.2, 0) is 6.18 Å². The number of hydrogen-bond acceptors (Lipinski definition) is 2. The zero-order valence-corrected chi connectivity index (χ0v) is 12.7. The number of benzene rings is 1. The van der Waals surface area contributed by atoms with Crippen LogP contribution in [0.1, 0.15) is 41.6 Å². The van der Waals surface area contributed by atoms with Gasteiger partial charge in [-0.15, -0.1) is 0 Å². The molecule has 1 heterocycles. The minimum atomic E-state index is -4.67. The van der Waals surface area contributed by atoms with Gasteiger partial charge >= 0.3 is 6.18 Å². The van der Waals surface area contributed by atoms with Gasteiger partial charge in [-0.25, -0.2) is 9.37 Å². The third-order valence-electron chi connectivity index (χ3n) is 3.20. The smallest absolute Gasteiger partial charge is 0.354 e. The van der Waals surface area contributed by atoms with Crippen molar-refractivity contribution in [1.29, 1.82) is 0 Å². The molecular formula is C15H15F4N3O. The molecule has 0 aliphatic rings. The highest BCUT2D eigenvalue weighted by Gasteiger charge is 2.32. The van der Waals surface area contributed by atoms with Crippen molar-refractivity contribution in [2.24, 2.45) is 0 Å². The molecule has 124 valence electrons. The van der Waals surface area contributed by atoms with Crippen LogP contribution < -0.4 is 5.32 Å². The Morgan fingerprint density at radius 1 is 1.26 bits per heavy atom. The summed E-state index contributed by atoms with van der Waals surface area (Å²) in [5, 5.41) is 2.39. The fourth-order valence-electron chi connectivity index (χ4n) is 2.12. The van der Waals surface area contributed by atoms with E-state index in [0.29, 0.717) is 11.9 Å². The van der Waals surface area contributed by atoms with E-state index in [4.69, 9.17) is 0 Å². The van der Waals surface area contributed by atoms with Crippen LogP contribution >= 0.6 is 0 Å². The van der Waals surface area contributed by atoms with Crippen molar-refractivity contribution >= 4 is 5.91 Å². The molecule has 0 bridgehead atoms. The molecule has 1 N–H and O–H groups in total. The predicted octanol–water partition coefficient (Wildman–Crippen LogP) is 3.51. The quantitative estimate of drug-likeness (QED) is 0.876. The summed E-state index contributed by atoms with van der Waals surface area (Å²) >= 11 is 0. The number of imidazole rings is 1. The predicted molar refractivity (Wildman–Crippen MR) is 76.0 cm³/mol. The number of carbonyl (C=O) groups excluding carboxylic acids is 1. The highest BCUT2D eigenvalue weighted by Crippen LogP contribution is 2.32. The molecule has 0 atom stereocenters. The van der Waals surface area contributed by atoms with Gasteiger partial charge in [0.05, 0.1) is 11.3 Å². The van der Waals surface area contributed by atoms with Crippen LogP contribution in [0.5, 0.6) is 0 Å². The highest BCUT2D eigenvalue weighted by molar-refractivity contribution is 5.92. The number of aromatic nitrogens is 2. The third-order valence-corrected chi connectivity index (χ3v) is 3.20. The number of hydrogen-bond donors (Lipinski definition) is 1. The van der Waals surface area contributed by atoms with Crippen LogP contribution in [0.25, 0.3) is 5.69 Å². The van der Waals surface area contributed by atoms with E-state index in [1.165, 1.54) is 17.8 Å². The maximum Gasteiger partial charge on any atom is 0.416 e. The molecule has 0 saturated heterocycles. The lowest BCUT2D eigenvalue weighted by Crippen LogP contribution is -2.18. The molecule has 0 aliphatic heterocycles. The first-order chi connectivity index (χ1) is 10.6. The van der Waals surface area contributed by atoms with Gasteiger partial charge in [-0.2, -0.15) is 13.2 Å². The Morgan fingerprint density at radius 2 is 1.91 bits per heavy atom. The molecule has 0 unspecified atom stereocenters. The van der Waals surface area contributed by atoms with Gasteiger partial charge < -0.3 is 9.88 Å². The van der Waals surface area contributed by atoms with E-state index in [1.807, 2.05) is 0 Å². The van der Waals surface area contributed by atoms with Crippen molar-refractivity contribution in [3.8, 4) is 5.69 Å². The van der Waals surface area contributed by atoms with Gasteiger partial charge in [-0.05, 0) is 18.2 Å². The van der Waals surface area contributed by atoms with E-state index in [2.05, 4.69) is 10.3 Å². The largest absolute Gasteiger partial charge is 0.416 e. The summed E-state index contributed by atoms with van der Waals surface area (Å²) in [5.74, 6) is -1.30. The van der Waals surface area contributed by atoms with Crippen molar-refractivity contribution in [2.45, 2.75) is 25.9 Å². The van der Waals surface area contributed by atoms with Gasteiger partial charge in [0.15, 0.2) is 0 Å². The molecule has 23 heavy (non-hydrogen) atoms. The Bertz CT molecular complexity index is 735. The fraction of sp³-hybridized carbons (Fsp3) is 0.333. The lowest BCUT2D eigenvalue weighted by molar-refractivity contribution is -0.137. The fourth-order valence-corrected chi connectivity index (χ4v) is 2.12. The van der Waals surface area contributed by atoms with Gasteiger partial charge in [0.2, 0.25) is 0 Å². The minimum absolute atomic E-state index is 0.0383. The third kappa shape index (κ3) is 3.52. The molecule has 2 rings (SSSR count). The molecule has 0 radical (unpaired) electrons. The lowest BCUT2D eigenvalue weighted by atomic mass is 10.1. The molecule has 1 amide bonds. The maximum absolute atomic E-state index is 13.6. The van der Waals surface area contributed by atoms with Crippen LogP contribution in [0, 0.1) is 5.82 Å². The van der Waals surface area contributed by atoms with Crippen LogP contribution in [0.2, 0.25) is 0 Å². The number of nitrogens with one attached hydrogen (secondary N) is 1. The molecule has 4 nitrogen and oxygen atoms in total. The number of alkyl halides is 3. The summed E-state index contributed by atoms with van der Waals surface area (Å²) in [7, 11) is 1.42. The van der Waals surface area contributed by atoms with Gasteiger partial charge in [-0.3, -0.25) is 4.79 Å². The first-order valence-corrected chi connectivity index (χ1v) is 6.83. The Labute approximate surface area is 130 Å². The Morgan fingerprint density at radius 3 is 2.43 bits per heavy atom. The summed E-state index contributed by atoms with van der Waals surface area (Å²) in [5.41, 5.74) is -1.09. The van der Waals surface area contributed by atoms with Crippen molar-refractivity contribution in [3.05, 3.63) is 47.3 Å². The molecule has 2 aromatic rings. The number of rotatable bonds is 3. The summed E-state index contributed by atoms with van der Waals surface area (Å²) in [6.07, 6.45) is -3.37. The number of amides is 1. The molecule has 0 saturated carbocycles. The maximum atomic E-state index is 13.6. The van der Waals surface area contributed by atoms with E-state index in [1.54, 1.807) is 13.8 Å². The summed E-state index contributed by atoms with van der Waals surface area (Å²) < 4.78 is 53.5. The average molecular weight is 329 g/mol. The van der Waals surface area contributed by atoms with E-state index >= 15 is 0 Å². The zero-order chi connectivity index (χ0) is 17.4. The standard InChI is InChI=1S/C15H15F4N3O/c1-8(2)13-21-12(14(23)20-3)7-22(13)11-5-9(15(17,18)19)4-10(16)6-11/h4-8H,1-3H3,(H,20,23). The monoisotopic (exact) mass is 329 g/mol. The first-order valence-electron chi connectivity index (χ1n) is 6.83. The Balaban J connectivity index is 2.64. The second-order valence-electron chi connectivity index (χ2n) is 5.28. The number of halogens is 4. The first kappa shape index (κ1) is 17.0. The molecule has 1 aromatic carbocycles. The van der Waals surface area contributed by atoms with E-state index in [9.17, 15) is 22.4 Å². The van der Waals surface area contributed by atoms with Crippen LogP contribution in [0.3, 0.4) is 0 Å². The summed E-state index contributed by atoms with van der Waals surface area (Å²) in [6.45, 7) is 3.55. The molecular weight excluding hydrogens is 314 g/mol. The van der Waals surface area contributed by atoms with E-state index < -0.39 is 23.5 Å². The van der Waals surface area contributed by atoms with Crippen molar-refractivity contribution in [1.82, 2.24) is 14.9 Å². The molecule has 0 fully saturated rings. The van der Waals surface area contributed by atoms with Crippen molar-refractivity contribution in [3.63, 3.8) is 0 Å². The van der Waals surface area contributed by atoms with Gasteiger partial charge in [-0.1, -0.05) is 13.8 Å². The minimum Gasteiger partial charge on any atom is -0.354 e. The normalized spacial score (nSPS) is 11.8. The molecule has 8 heteroatoms. The lowest BCUT2D eigenvalue weighted by Gasteiger charge is -2.13. The number of nitrogens with zero attached hydrogens (tertiary/aromatic N) is 2. The highest BCUT2D eigenvalue weighted by atomic mass is 19.4. The van der Waals surface area contributed by atoms with Gasteiger partial charge in [0, 0.05) is 19.2 Å². The van der Waals surface area contributed by atoms with Crippen LogP contribution in [0.15, 0.2) is 24.4 Å². The zero-order valence-electron chi connectivity index (χ0n) is 12.7. The van der Waals surface area contributed by atoms with E-state index in [-0.39, 0.29) is 17.3 Å². The second-order valence-corrected chi connectivity index (χ2v) is 5.28. The van der Waals surface area contributed by atoms with Gasteiger partial charge in [0.25, 0.3) is 5.91 Å². The SMILES string of the molecule is CNC(=O)c1cn(-c2cc(F)cc(C(F)(F)F)c2)c(C(C)C)n1. The Hall–Kier alpha value is -2.38. The second kappa shape index (κ2) is 6.02. The number of carbonyl (C=O) groups is 1. The van der Waals surface area contributed by atoms with Crippen LogP contribution in [0.4, 0.5) is 17.6 Å². The molecule has 0 aliphatic carbocycles. The summed E-state index contributed by atoms with van der Waals surface area (Å²) in [6, 6.07) is 2.22. The summed E-state index contributed by atoms with van der Waals surface area (Å²) in [4.78, 5) is 15.8. The Kier molecular flexibility index (Phi) is 4.44. The van der Waals surface area contributed by atoms with Crippen LogP contribution in [-0.4, -0.2) is 22.5 Å². The van der Waals surface area contributed by atoms with Gasteiger partial charge in [0.1, 0.15) is 17.3 Å². The van der Waals surface area contributed by atoms with E-state index in [0.717, 1.165) is 12.1 Å². The topological polar surface area (TPSA) is 46.9 Å². The average Bonchev–Trinajstić information content (AvgIpc) is 2.90. The van der Waals surface area contributed by atoms with Crippen molar-refractivity contribution < 1.29 is 22.4 Å². The van der Waals surface area contributed by atoms with Crippen molar-refractivity contribution in [2.75, 3.05) is 7.05 Å². The molecule has 0 spiro atoms. The molecule has 1 aromatic heterocycles.